The first-order valence-corrected chi connectivity index (χ1v) is 5.28. The number of rotatable bonds is 2. The van der Waals surface area contributed by atoms with Crippen molar-refractivity contribution in [1.29, 1.82) is 0 Å². The third-order valence-corrected chi connectivity index (χ3v) is 2.52. The number of nitrogens with one attached hydrogen (secondary N) is 1. The second-order valence-electron chi connectivity index (χ2n) is 3.76. The highest BCUT2D eigenvalue weighted by Gasteiger charge is 2.17. The summed E-state index contributed by atoms with van der Waals surface area (Å²) in [5, 5.41) is 3.33. The van der Waals surface area contributed by atoms with E-state index in [0.29, 0.717) is 12.6 Å². The smallest absolute Gasteiger partial charge is 0.335 e. The molecule has 1 N–H and O–H groups in total. The predicted octanol–water partition coefficient (Wildman–Crippen LogP) is 1.99. The van der Waals surface area contributed by atoms with Gasteiger partial charge in [-0.2, -0.15) is 0 Å². The summed E-state index contributed by atoms with van der Waals surface area (Å²) in [4.78, 5) is 11.4. The largest absolute Gasteiger partial charge is 0.463 e. The third kappa shape index (κ3) is 2.76. The van der Waals surface area contributed by atoms with Crippen molar-refractivity contribution in [2.24, 2.45) is 0 Å². The number of piperidine rings is 1. The first-order chi connectivity index (χ1) is 6.65. The van der Waals surface area contributed by atoms with Crippen LogP contribution >= 0.6 is 0 Å². The lowest BCUT2D eigenvalue weighted by atomic mass is 10.0. The van der Waals surface area contributed by atoms with Gasteiger partial charge in [-0.1, -0.05) is 0 Å². The van der Waals surface area contributed by atoms with E-state index in [4.69, 9.17) is 4.74 Å². The summed E-state index contributed by atoms with van der Waals surface area (Å²) in [6.07, 6.45) is 3.30. The Morgan fingerprint density at radius 3 is 2.93 bits per heavy atom. The molecule has 0 radical (unpaired) electrons. The van der Waals surface area contributed by atoms with Gasteiger partial charge in [-0.3, -0.25) is 0 Å². The monoisotopic (exact) mass is 197 g/mol. The van der Waals surface area contributed by atoms with E-state index >= 15 is 0 Å². The first kappa shape index (κ1) is 11.1. The fourth-order valence-electron chi connectivity index (χ4n) is 1.69. The zero-order valence-corrected chi connectivity index (χ0v) is 9.22. The SMILES string of the molecule is CCOC(=O)/C(C)=C1\CCCC(C)N1. The van der Waals surface area contributed by atoms with Crippen molar-refractivity contribution in [3.8, 4) is 0 Å². The maximum atomic E-state index is 11.4. The molecule has 0 amide bonds. The van der Waals surface area contributed by atoms with Gasteiger partial charge in [0.25, 0.3) is 0 Å². The molecule has 1 aliphatic rings. The highest BCUT2D eigenvalue weighted by molar-refractivity contribution is 5.88. The molecule has 0 bridgehead atoms. The van der Waals surface area contributed by atoms with Crippen molar-refractivity contribution in [2.45, 2.75) is 46.1 Å². The molecule has 1 atom stereocenters. The predicted molar refractivity (Wildman–Crippen MR) is 55.8 cm³/mol. The molecule has 80 valence electrons. The average molecular weight is 197 g/mol. The van der Waals surface area contributed by atoms with Gasteiger partial charge in [-0.05, 0) is 40.0 Å². The number of carbonyl (C=O) groups excluding carboxylic acids is 1. The highest BCUT2D eigenvalue weighted by Crippen LogP contribution is 2.18. The molecule has 0 spiro atoms. The van der Waals surface area contributed by atoms with Crippen molar-refractivity contribution < 1.29 is 9.53 Å². The molecule has 1 rings (SSSR count). The van der Waals surface area contributed by atoms with Crippen molar-refractivity contribution in [2.75, 3.05) is 6.61 Å². The number of ether oxygens (including phenoxy) is 1. The molecule has 0 aliphatic carbocycles. The van der Waals surface area contributed by atoms with Crippen LogP contribution in [0.25, 0.3) is 0 Å². The second kappa shape index (κ2) is 5.03. The molecule has 1 unspecified atom stereocenters. The van der Waals surface area contributed by atoms with E-state index in [1.165, 1.54) is 6.42 Å². The van der Waals surface area contributed by atoms with E-state index in [1.807, 2.05) is 13.8 Å². The van der Waals surface area contributed by atoms with Crippen LogP contribution < -0.4 is 5.32 Å². The Hall–Kier alpha value is -0.990. The molecule has 1 saturated heterocycles. The van der Waals surface area contributed by atoms with E-state index in [2.05, 4.69) is 12.2 Å². The van der Waals surface area contributed by atoms with Gasteiger partial charge in [0, 0.05) is 11.7 Å². The Labute approximate surface area is 85.5 Å². The number of hydrogen-bond donors (Lipinski definition) is 1. The number of hydrogen-bond acceptors (Lipinski definition) is 3. The minimum absolute atomic E-state index is 0.191. The average Bonchev–Trinajstić information content (AvgIpc) is 2.17. The second-order valence-corrected chi connectivity index (χ2v) is 3.76. The first-order valence-electron chi connectivity index (χ1n) is 5.28. The van der Waals surface area contributed by atoms with E-state index in [-0.39, 0.29) is 5.97 Å². The Kier molecular flexibility index (Phi) is 3.98. The number of carbonyl (C=O) groups is 1. The summed E-state index contributed by atoms with van der Waals surface area (Å²) in [7, 11) is 0. The molecular weight excluding hydrogens is 178 g/mol. The van der Waals surface area contributed by atoms with Gasteiger partial charge in [0.15, 0.2) is 0 Å². The van der Waals surface area contributed by atoms with Crippen LogP contribution in [0.5, 0.6) is 0 Å². The van der Waals surface area contributed by atoms with Crippen LogP contribution in [0.4, 0.5) is 0 Å². The fourth-order valence-corrected chi connectivity index (χ4v) is 1.69. The normalized spacial score (nSPS) is 25.2. The lowest BCUT2D eigenvalue weighted by molar-refractivity contribution is -0.138. The van der Waals surface area contributed by atoms with Crippen LogP contribution in [-0.4, -0.2) is 18.6 Å². The summed E-state index contributed by atoms with van der Waals surface area (Å²) in [5.41, 5.74) is 1.79. The molecule has 0 aromatic heterocycles. The van der Waals surface area contributed by atoms with Crippen LogP contribution in [-0.2, 0) is 9.53 Å². The van der Waals surface area contributed by atoms with Gasteiger partial charge >= 0.3 is 5.97 Å². The Morgan fingerprint density at radius 1 is 1.64 bits per heavy atom. The Bertz CT molecular complexity index is 246. The van der Waals surface area contributed by atoms with Gasteiger partial charge in [-0.15, -0.1) is 0 Å². The Morgan fingerprint density at radius 2 is 2.36 bits per heavy atom. The van der Waals surface area contributed by atoms with E-state index in [9.17, 15) is 4.79 Å². The minimum Gasteiger partial charge on any atom is -0.463 e. The zero-order valence-electron chi connectivity index (χ0n) is 9.22. The summed E-state index contributed by atoms with van der Waals surface area (Å²) in [6, 6.07) is 0.475. The molecule has 1 heterocycles. The van der Waals surface area contributed by atoms with Crippen molar-refractivity contribution in [1.82, 2.24) is 5.32 Å². The van der Waals surface area contributed by atoms with Crippen molar-refractivity contribution in [3.05, 3.63) is 11.3 Å². The molecular formula is C11H19NO2. The number of allylic oxidation sites excluding steroid dienone is 1. The van der Waals surface area contributed by atoms with Crippen LogP contribution in [0.1, 0.15) is 40.0 Å². The van der Waals surface area contributed by atoms with Gasteiger partial charge in [0.1, 0.15) is 0 Å². The summed E-state index contributed by atoms with van der Waals surface area (Å²) >= 11 is 0. The van der Waals surface area contributed by atoms with E-state index < -0.39 is 0 Å². The van der Waals surface area contributed by atoms with Crippen LogP contribution in [0.3, 0.4) is 0 Å². The molecule has 0 saturated carbocycles. The molecule has 1 aliphatic heterocycles. The summed E-state index contributed by atoms with van der Waals surface area (Å²) < 4.78 is 4.96. The van der Waals surface area contributed by atoms with Gasteiger partial charge < -0.3 is 10.1 Å². The van der Waals surface area contributed by atoms with Gasteiger partial charge in [0.05, 0.1) is 12.2 Å². The lowest BCUT2D eigenvalue weighted by Gasteiger charge is -2.25. The van der Waals surface area contributed by atoms with E-state index in [0.717, 1.165) is 24.1 Å². The highest BCUT2D eigenvalue weighted by atomic mass is 16.5. The minimum atomic E-state index is -0.191. The van der Waals surface area contributed by atoms with Crippen LogP contribution in [0.15, 0.2) is 11.3 Å². The van der Waals surface area contributed by atoms with Gasteiger partial charge in [0.2, 0.25) is 0 Å². The maximum Gasteiger partial charge on any atom is 0.335 e. The van der Waals surface area contributed by atoms with Crippen molar-refractivity contribution >= 4 is 5.97 Å². The topological polar surface area (TPSA) is 38.3 Å². The van der Waals surface area contributed by atoms with Crippen molar-refractivity contribution in [3.63, 3.8) is 0 Å². The zero-order chi connectivity index (χ0) is 10.6. The standard InChI is InChI=1S/C11H19NO2/c1-4-14-11(13)9(3)10-7-5-6-8(2)12-10/h8,12H,4-7H2,1-3H3/b10-9+. The fraction of sp³-hybridized carbons (Fsp3) is 0.727. The molecule has 0 aromatic rings. The van der Waals surface area contributed by atoms with Gasteiger partial charge in [-0.25, -0.2) is 4.79 Å². The summed E-state index contributed by atoms with van der Waals surface area (Å²) in [5.74, 6) is -0.191. The maximum absolute atomic E-state index is 11.4. The quantitative estimate of drug-likeness (QED) is 0.543. The molecule has 14 heavy (non-hydrogen) atoms. The third-order valence-electron chi connectivity index (χ3n) is 2.52. The molecule has 1 fully saturated rings. The summed E-state index contributed by atoms with van der Waals surface area (Å²) in [6.45, 7) is 6.24. The molecule has 0 aromatic carbocycles. The molecule has 3 heteroatoms. The Balaban J connectivity index is 2.66. The molecule has 3 nitrogen and oxygen atoms in total. The number of esters is 1. The van der Waals surface area contributed by atoms with Crippen LogP contribution in [0, 0.1) is 0 Å². The van der Waals surface area contributed by atoms with Crippen LogP contribution in [0.2, 0.25) is 0 Å². The van der Waals surface area contributed by atoms with E-state index in [1.54, 1.807) is 0 Å². The lowest BCUT2D eigenvalue weighted by Crippen LogP contribution is -2.31.